The summed E-state index contributed by atoms with van der Waals surface area (Å²) in [7, 11) is 0. The fraction of sp³-hybridized carbons (Fsp3) is 0.286. The van der Waals surface area contributed by atoms with E-state index in [1.165, 1.54) is 6.07 Å². The van der Waals surface area contributed by atoms with Gasteiger partial charge in [-0.1, -0.05) is 11.6 Å². The Morgan fingerprint density at radius 3 is 2.56 bits per heavy atom. The molecule has 0 saturated heterocycles. The van der Waals surface area contributed by atoms with Crippen molar-refractivity contribution in [3.63, 3.8) is 0 Å². The predicted octanol–water partition coefficient (Wildman–Crippen LogP) is 4.86. The molecule has 2 nitrogen and oxygen atoms in total. The zero-order chi connectivity index (χ0) is 13.3. The molecular formula is C14H15ClFNO. The number of hydrogen-bond donors (Lipinski definition) is 1. The highest BCUT2D eigenvalue weighted by atomic mass is 35.5. The molecule has 1 aromatic heterocycles. The van der Waals surface area contributed by atoms with Crippen LogP contribution in [0.3, 0.4) is 0 Å². The quantitative estimate of drug-likeness (QED) is 0.859. The van der Waals surface area contributed by atoms with E-state index in [4.69, 9.17) is 16.0 Å². The van der Waals surface area contributed by atoms with Gasteiger partial charge in [0.25, 0.3) is 0 Å². The molecule has 0 aliphatic carbocycles. The molecule has 0 spiro atoms. The summed E-state index contributed by atoms with van der Waals surface area (Å²) in [6.07, 6.45) is 0. The first-order chi connectivity index (χ1) is 8.47. The Labute approximate surface area is 111 Å². The second-order valence-corrected chi connectivity index (χ2v) is 4.77. The molecule has 96 valence electrons. The van der Waals surface area contributed by atoms with Crippen LogP contribution in [0.15, 0.2) is 28.7 Å². The molecule has 0 saturated carbocycles. The van der Waals surface area contributed by atoms with Crippen LogP contribution in [0.1, 0.15) is 30.0 Å². The summed E-state index contributed by atoms with van der Waals surface area (Å²) in [5.41, 5.74) is 1.77. The van der Waals surface area contributed by atoms with Crippen LogP contribution in [-0.4, -0.2) is 0 Å². The third-order valence-electron chi connectivity index (χ3n) is 2.85. The average Bonchev–Trinajstić information content (AvgIpc) is 2.63. The normalized spacial score (nSPS) is 12.5. The minimum absolute atomic E-state index is 0.0445. The summed E-state index contributed by atoms with van der Waals surface area (Å²) in [6, 6.07) is 6.72. The highest BCUT2D eigenvalue weighted by Gasteiger charge is 2.13. The standard InChI is InChI=1S/C14H15ClFNO/c1-8-6-12(10(3)18-8)9(2)17-11-4-5-13(15)14(16)7-11/h4-7,9,17H,1-3H3. The van der Waals surface area contributed by atoms with Gasteiger partial charge >= 0.3 is 0 Å². The maximum absolute atomic E-state index is 13.3. The van der Waals surface area contributed by atoms with Gasteiger partial charge in [0.15, 0.2) is 0 Å². The lowest BCUT2D eigenvalue weighted by molar-refractivity contribution is 0.500. The van der Waals surface area contributed by atoms with E-state index in [1.54, 1.807) is 12.1 Å². The Bertz CT molecular complexity index is 565. The summed E-state index contributed by atoms with van der Waals surface area (Å²) in [5, 5.41) is 3.35. The van der Waals surface area contributed by atoms with Gasteiger partial charge < -0.3 is 9.73 Å². The van der Waals surface area contributed by atoms with Crippen molar-refractivity contribution < 1.29 is 8.81 Å². The number of furan rings is 1. The Morgan fingerprint density at radius 2 is 2.00 bits per heavy atom. The summed E-state index contributed by atoms with van der Waals surface area (Å²) in [5.74, 6) is 1.33. The van der Waals surface area contributed by atoms with E-state index in [1.807, 2.05) is 26.8 Å². The molecule has 2 aromatic rings. The molecular weight excluding hydrogens is 253 g/mol. The van der Waals surface area contributed by atoms with Crippen molar-refractivity contribution in [2.75, 3.05) is 5.32 Å². The molecule has 2 rings (SSSR count). The van der Waals surface area contributed by atoms with Crippen LogP contribution in [0.2, 0.25) is 5.02 Å². The summed E-state index contributed by atoms with van der Waals surface area (Å²) < 4.78 is 18.8. The van der Waals surface area contributed by atoms with Crippen molar-refractivity contribution in [3.8, 4) is 0 Å². The van der Waals surface area contributed by atoms with Crippen LogP contribution in [0.25, 0.3) is 0 Å². The van der Waals surface area contributed by atoms with E-state index < -0.39 is 5.82 Å². The van der Waals surface area contributed by atoms with E-state index in [0.29, 0.717) is 5.69 Å². The maximum Gasteiger partial charge on any atom is 0.143 e. The number of halogens is 2. The molecule has 1 unspecified atom stereocenters. The summed E-state index contributed by atoms with van der Waals surface area (Å²) in [4.78, 5) is 0. The van der Waals surface area contributed by atoms with Crippen molar-refractivity contribution in [2.24, 2.45) is 0 Å². The topological polar surface area (TPSA) is 25.2 Å². The Balaban J connectivity index is 2.18. The van der Waals surface area contributed by atoms with Crippen LogP contribution in [0, 0.1) is 19.7 Å². The molecule has 0 aliphatic heterocycles. The molecule has 0 amide bonds. The SMILES string of the molecule is Cc1cc(C(C)Nc2ccc(Cl)c(F)c2)c(C)o1. The predicted molar refractivity (Wildman–Crippen MR) is 71.6 cm³/mol. The number of rotatable bonds is 3. The van der Waals surface area contributed by atoms with Crippen molar-refractivity contribution in [2.45, 2.75) is 26.8 Å². The van der Waals surface area contributed by atoms with Crippen molar-refractivity contribution >= 4 is 17.3 Å². The minimum Gasteiger partial charge on any atom is -0.466 e. The average molecular weight is 268 g/mol. The Hall–Kier alpha value is -1.48. The Morgan fingerprint density at radius 1 is 1.28 bits per heavy atom. The first-order valence-electron chi connectivity index (χ1n) is 5.76. The molecule has 1 atom stereocenters. The van der Waals surface area contributed by atoms with Crippen LogP contribution in [0.5, 0.6) is 0 Å². The molecule has 1 heterocycles. The lowest BCUT2D eigenvalue weighted by atomic mass is 10.1. The van der Waals surface area contributed by atoms with Gasteiger partial charge in [-0.3, -0.25) is 0 Å². The van der Waals surface area contributed by atoms with Gasteiger partial charge in [-0.15, -0.1) is 0 Å². The van der Waals surface area contributed by atoms with Gasteiger partial charge in [0, 0.05) is 11.3 Å². The van der Waals surface area contributed by atoms with Crippen molar-refractivity contribution in [1.82, 2.24) is 0 Å². The van der Waals surface area contributed by atoms with E-state index in [0.717, 1.165) is 17.1 Å². The fourth-order valence-corrected chi connectivity index (χ4v) is 2.11. The van der Waals surface area contributed by atoms with Gasteiger partial charge in [-0.05, 0) is 45.0 Å². The second kappa shape index (κ2) is 5.02. The van der Waals surface area contributed by atoms with E-state index >= 15 is 0 Å². The number of anilines is 1. The van der Waals surface area contributed by atoms with Gasteiger partial charge in [-0.2, -0.15) is 0 Å². The molecule has 18 heavy (non-hydrogen) atoms. The molecule has 0 bridgehead atoms. The first-order valence-corrected chi connectivity index (χ1v) is 6.13. The number of hydrogen-bond acceptors (Lipinski definition) is 2. The molecule has 1 N–H and O–H groups in total. The zero-order valence-corrected chi connectivity index (χ0v) is 11.3. The van der Waals surface area contributed by atoms with E-state index in [-0.39, 0.29) is 11.1 Å². The second-order valence-electron chi connectivity index (χ2n) is 4.36. The lowest BCUT2D eigenvalue weighted by Gasteiger charge is -2.14. The third-order valence-corrected chi connectivity index (χ3v) is 3.16. The van der Waals surface area contributed by atoms with Gasteiger partial charge in [-0.25, -0.2) is 4.39 Å². The largest absolute Gasteiger partial charge is 0.466 e. The summed E-state index contributed by atoms with van der Waals surface area (Å²) in [6.45, 7) is 5.83. The minimum atomic E-state index is -0.422. The Kier molecular flexibility index (Phi) is 3.62. The first kappa shape index (κ1) is 13.0. The highest BCUT2D eigenvalue weighted by molar-refractivity contribution is 6.30. The molecule has 0 radical (unpaired) electrons. The molecule has 0 aliphatic rings. The maximum atomic E-state index is 13.3. The number of aryl methyl sites for hydroxylation is 2. The molecule has 4 heteroatoms. The van der Waals surface area contributed by atoms with E-state index in [9.17, 15) is 4.39 Å². The van der Waals surface area contributed by atoms with Gasteiger partial charge in [0.1, 0.15) is 17.3 Å². The fourth-order valence-electron chi connectivity index (χ4n) is 1.99. The van der Waals surface area contributed by atoms with Gasteiger partial charge in [0.2, 0.25) is 0 Å². The van der Waals surface area contributed by atoms with Crippen molar-refractivity contribution in [3.05, 3.63) is 52.2 Å². The van der Waals surface area contributed by atoms with Crippen molar-refractivity contribution in [1.29, 1.82) is 0 Å². The van der Waals surface area contributed by atoms with Crippen LogP contribution >= 0.6 is 11.6 Å². The van der Waals surface area contributed by atoms with Crippen LogP contribution < -0.4 is 5.32 Å². The monoisotopic (exact) mass is 267 g/mol. The third kappa shape index (κ3) is 2.67. The number of nitrogens with one attached hydrogen (secondary N) is 1. The van der Waals surface area contributed by atoms with Crippen LogP contribution in [0.4, 0.5) is 10.1 Å². The highest BCUT2D eigenvalue weighted by Crippen LogP contribution is 2.26. The number of benzene rings is 1. The zero-order valence-electron chi connectivity index (χ0n) is 10.6. The molecule has 1 aromatic carbocycles. The summed E-state index contributed by atoms with van der Waals surface area (Å²) >= 11 is 5.64. The van der Waals surface area contributed by atoms with Crippen LogP contribution in [-0.2, 0) is 0 Å². The molecule has 0 fully saturated rings. The van der Waals surface area contributed by atoms with Gasteiger partial charge in [0.05, 0.1) is 11.1 Å². The lowest BCUT2D eigenvalue weighted by Crippen LogP contribution is -2.07. The smallest absolute Gasteiger partial charge is 0.143 e. The van der Waals surface area contributed by atoms with E-state index in [2.05, 4.69) is 5.32 Å².